The fourth-order valence-corrected chi connectivity index (χ4v) is 2.00. The first kappa shape index (κ1) is 12.1. The number of carbonyl (C=O) groups excluding carboxylic acids is 1. The Hall–Kier alpha value is -1.35. The average molecular weight is 234 g/mol. The molecule has 1 aromatic carbocycles. The van der Waals surface area contributed by atoms with Crippen molar-refractivity contribution in [3.8, 4) is 5.75 Å². The van der Waals surface area contributed by atoms with Gasteiger partial charge in [0.1, 0.15) is 5.75 Å². The first-order valence-electron chi connectivity index (χ1n) is 6.08. The van der Waals surface area contributed by atoms with Crippen molar-refractivity contribution in [2.45, 2.75) is 19.8 Å². The van der Waals surface area contributed by atoms with Crippen molar-refractivity contribution in [3.63, 3.8) is 0 Å². The van der Waals surface area contributed by atoms with Crippen LogP contribution in [-0.4, -0.2) is 25.6 Å². The third-order valence-electron chi connectivity index (χ3n) is 3.08. The quantitative estimate of drug-likeness (QED) is 0.751. The molecule has 1 aliphatic rings. The molecule has 2 rings (SSSR count). The van der Waals surface area contributed by atoms with Gasteiger partial charge < -0.3 is 9.47 Å². The summed E-state index contributed by atoms with van der Waals surface area (Å²) in [6.07, 6.45) is 2.09. The molecule has 1 aliphatic heterocycles. The maximum absolute atomic E-state index is 11.4. The number of ether oxygens (including phenoxy) is 2. The Morgan fingerprint density at radius 2 is 2.06 bits per heavy atom. The number of para-hydroxylation sites is 1. The van der Waals surface area contributed by atoms with E-state index in [1.807, 2.05) is 24.3 Å². The van der Waals surface area contributed by atoms with E-state index in [2.05, 4.69) is 0 Å². The SMILES string of the molecule is CC(=O)c1ccccc1OCC1CCOCC1. The van der Waals surface area contributed by atoms with Crippen molar-refractivity contribution >= 4 is 5.78 Å². The fourth-order valence-electron chi connectivity index (χ4n) is 2.00. The van der Waals surface area contributed by atoms with Gasteiger partial charge in [0.15, 0.2) is 5.78 Å². The van der Waals surface area contributed by atoms with E-state index < -0.39 is 0 Å². The first-order chi connectivity index (χ1) is 8.27. The van der Waals surface area contributed by atoms with Crippen molar-refractivity contribution in [1.82, 2.24) is 0 Å². The molecule has 0 amide bonds. The van der Waals surface area contributed by atoms with Gasteiger partial charge in [-0.15, -0.1) is 0 Å². The predicted molar refractivity (Wildman–Crippen MR) is 65.5 cm³/mol. The van der Waals surface area contributed by atoms with E-state index in [9.17, 15) is 4.79 Å². The van der Waals surface area contributed by atoms with E-state index in [1.165, 1.54) is 0 Å². The van der Waals surface area contributed by atoms with Crippen LogP contribution in [0.2, 0.25) is 0 Å². The molecule has 0 radical (unpaired) electrons. The number of Topliss-reactive ketones (excluding diaryl/α,β-unsaturated/α-hetero) is 1. The molecule has 0 spiro atoms. The van der Waals surface area contributed by atoms with Crippen LogP contribution in [0.1, 0.15) is 30.1 Å². The van der Waals surface area contributed by atoms with Gasteiger partial charge in [0.25, 0.3) is 0 Å². The van der Waals surface area contributed by atoms with Crippen LogP contribution < -0.4 is 4.74 Å². The fraction of sp³-hybridized carbons (Fsp3) is 0.500. The number of hydrogen-bond donors (Lipinski definition) is 0. The zero-order chi connectivity index (χ0) is 12.1. The smallest absolute Gasteiger partial charge is 0.163 e. The number of rotatable bonds is 4. The van der Waals surface area contributed by atoms with E-state index in [-0.39, 0.29) is 5.78 Å². The zero-order valence-corrected chi connectivity index (χ0v) is 10.1. The largest absolute Gasteiger partial charge is 0.493 e. The van der Waals surface area contributed by atoms with Gasteiger partial charge in [-0.1, -0.05) is 12.1 Å². The lowest BCUT2D eigenvalue weighted by atomic mass is 10.0. The third kappa shape index (κ3) is 3.30. The van der Waals surface area contributed by atoms with Crippen molar-refractivity contribution < 1.29 is 14.3 Å². The van der Waals surface area contributed by atoms with E-state index in [0.717, 1.165) is 26.1 Å². The molecule has 0 bridgehead atoms. The lowest BCUT2D eigenvalue weighted by Crippen LogP contribution is -2.21. The Morgan fingerprint density at radius 3 is 2.76 bits per heavy atom. The van der Waals surface area contributed by atoms with Crippen LogP contribution >= 0.6 is 0 Å². The molecule has 0 aromatic heterocycles. The summed E-state index contributed by atoms with van der Waals surface area (Å²) in [4.78, 5) is 11.4. The van der Waals surface area contributed by atoms with Crippen LogP contribution in [-0.2, 0) is 4.74 Å². The summed E-state index contributed by atoms with van der Waals surface area (Å²) in [6, 6.07) is 7.42. The molecule has 1 saturated heterocycles. The van der Waals surface area contributed by atoms with Gasteiger partial charge in [0.05, 0.1) is 12.2 Å². The number of benzene rings is 1. The molecule has 0 saturated carbocycles. The minimum absolute atomic E-state index is 0.0487. The van der Waals surface area contributed by atoms with Crippen LogP contribution in [0.4, 0.5) is 0 Å². The first-order valence-corrected chi connectivity index (χ1v) is 6.08. The Kier molecular flexibility index (Phi) is 4.15. The third-order valence-corrected chi connectivity index (χ3v) is 3.08. The summed E-state index contributed by atoms with van der Waals surface area (Å²) in [5.41, 5.74) is 0.666. The highest BCUT2D eigenvalue weighted by molar-refractivity contribution is 5.96. The summed E-state index contributed by atoms with van der Waals surface area (Å²) in [5, 5.41) is 0. The molecular formula is C14H18O3. The minimum Gasteiger partial charge on any atom is -0.493 e. The normalized spacial score (nSPS) is 16.8. The molecule has 17 heavy (non-hydrogen) atoms. The summed E-state index contributed by atoms with van der Waals surface area (Å²) < 4.78 is 11.1. The summed E-state index contributed by atoms with van der Waals surface area (Å²) >= 11 is 0. The van der Waals surface area contributed by atoms with Crippen molar-refractivity contribution in [1.29, 1.82) is 0 Å². The van der Waals surface area contributed by atoms with Gasteiger partial charge in [-0.25, -0.2) is 0 Å². The molecule has 3 nitrogen and oxygen atoms in total. The van der Waals surface area contributed by atoms with Gasteiger partial charge >= 0.3 is 0 Å². The maximum atomic E-state index is 11.4. The van der Waals surface area contributed by atoms with E-state index in [0.29, 0.717) is 23.8 Å². The molecule has 0 unspecified atom stereocenters. The van der Waals surface area contributed by atoms with Crippen molar-refractivity contribution in [3.05, 3.63) is 29.8 Å². The highest BCUT2D eigenvalue weighted by atomic mass is 16.5. The second kappa shape index (κ2) is 5.82. The average Bonchev–Trinajstić information content (AvgIpc) is 2.38. The Bertz CT molecular complexity index is 381. The number of hydrogen-bond acceptors (Lipinski definition) is 3. The summed E-state index contributed by atoms with van der Waals surface area (Å²) in [6.45, 7) is 3.88. The van der Waals surface area contributed by atoms with Crippen LogP contribution in [0, 0.1) is 5.92 Å². The molecule has 0 aliphatic carbocycles. The lowest BCUT2D eigenvalue weighted by molar-refractivity contribution is 0.0495. The standard InChI is InChI=1S/C14H18O3/c1-11(15)13-4-2-3-5-14(13)17-10-12-6-8-16-9-7-12/h2-5,12H,6-10H2,1H3. The van der Waals surface area contributed by atoms with Gasteiger partial charge in [-0.3, -0.25) is 4.79 Å². The van der Waals surface area contributed by atoms with E-state index in [1.54, 1.807) is 6.92 Å². The zero-order valence-electron chi connectivity index (χ0n) is 10.1. The van der Waals surface area contributed by atoms with Gasteiger partial charge in [-0.2, -0.15) is 0 Å². The van der Waals surface area contributed by atoms with Crippen LogP contribution in [0.3, 0.4) is 0 Å². The molecule has 1 aromatic rings. The Labute approximate surface area is 102 Å². The molecule has 0 atom stereocenters. The van der Waals surface area contributed by atoms with Crippen molar-refractivity contribution in [2.24, 2.45) is 5.92 Å². The number of ketones is 1. The minimum atomic E-state index is 0.0487. The monoisotopic (exact) mass is 234 g/mol. The molecular weight excluding hydrogens is 216 g/mol. The highest BCUT2D eigenvalue weighted by Crippen LogP contribution is 2.21. The topological polar surface area (TPSA) is 35.5 Å². The second-order valence-corrected chi connectivity index (χ2v) is 4.42. The molecule has 0 N–H and O–H groups in total. The summed E-state index contributed by atoms with van der Waals surface area (Å²) in [5.74, 6) is 1.29. The molecule has 1 heterocycles. The second-order valence-electron chi connectivity index (χ2n) is 4.42. The van der Waals surface area contributed by atoms with Gasteiger partial charge in [-0.05, 0) is 37.8 Å². The lowest BCUT2D eigenvalue weighted by Gasteiger charge is -2.22. The molecule has 3 heteroatoms. The molecule has 92 valence electrons. The maximum Gasteiger partial charge on any atom is 0.163 e. The van der Waals surface area contributed by atoms with E-state index in [4.69, 9.17) is 9.47 Å². The molecule has 1 fully saturated rings. The van der Waals surface area contributed by atoms with Crippen LogP contribution in [0.15, 0.2) is 24.3 Å². The predicted octanol–water partition coefficient (Wildman–Crippen LogP) is 2.69. The van der Waals surface area contributed by atoms with E-state index >= 15 is 0 Å². The summed E-state index contributed by atoms with van der Waals surface area (Å²) in [7, 11) is 0. The van der Waals surface area contributed by atoms with Crippen molar-refractivity contribution in [2.75, 3.05) is 19.8 Å². The number of carbonyl (C=O) groups is 1. The van der Waals surface area contributed by atoms with Crippen LogP contribution in [0.25, 0.3) is 0 Å². The highest BCUT2D eigenvalue weighted by Gasteiger charge is 2.15. The Morgan fingerprint density at radius 1 is 1.35 bits per heavy atom. The van der Waals surface area contributed by atoms with Crippen LogP contribution in [0.5, 0.6) is 5.75 Å². The van der Waals surface area contributed by atoms with Gasteiger partial charge in [0.2, 0.25) is 0 Å². The Balaban J connectivity index is 1.96. The van der Waals surface area contributed by atoms with Gasteiger partial charge in [0, 0.05) is 13.2 Å².